The van der Waals surface area contributed by atoms with Crippen LogP contribution in [0.15, 0.2) is 72.8 Å². The molecule has 31 heavy (non-hydrogen) atoms. The minimum Gasteiger partial charge on any atom is -0.497 e. The van der Waals surface area contributed by atoms with Crippen LogP contribution in [-0.2, 0) is 4.79 Å². The first-order chi connectivity index (χ1) is 15.1. The van der Waals surface area contributed by atoms with Gasteiger partial charge < -0.3 is 19.7 Å². The Morgan fingerprint density at radius 1 is 1.06 bits per heavy atom. The minimum atomic E-state index is -1.05. The number of ether oxygens (including phenoxy) is 1. The molecule has 5 rings (SSSR count). The Morgan fingerprint density at radius 3 is 2.65 bits per heavy atom. The molecule has 0 saturated heterocycles. The predicted molar refractivity (Wildman–Crippen MR) is 117 cm³/mol. The van der Waals surface area contributed by atoms with E-state index >= 15 is 0 Å². The molecule has 0 spiro atoms. The number of carbonyl (C=O) groups excluding carboxylic acids is 1. The van der Waals surface area contributed by atoms with Crippen molar-refractivity contribution in [1.82, 2.24) is 9.88 Å². The molecule has 154 valence electrons. The number of nitrogens with zero attached hydrogens (tertiary/aromatic N) is 1. The molecule has 2 heterocycles. The highest BCUT2D eigenvalue weighted by molar-refractivity contribution is 6.03. The average Bonchev–Trinajstić information content (AvgIpc) is 3.29. The predicted octanol–water partition coefficient (Wildman–Crippen LogP) is 4.47. The van der Waals surface area contributed by atoms with E-state index in [-0.39, 0.29) is 12.5 Å². The molecule has 3 aromatic carbocycles. The number of para-hydroxylation sites is 1. The zero-order valence-electron chi connectivity index (χ0n) is 16.8. The SMILES string of the molecule is COc1cccc(-c2[nH]c3ccccc3c2[C@H]2c3ccccc3C(=O)N2CC(=O)O)c1. The third-order valence-corrected chi connectivity index (χ3v) is 5.74. The monoisotopic (exact) mass is 412 g/mol. The van der Waals surface area contributed by atoms with Crippen LogP contribution in [-0.4, -0.2) is 40.5 Å². The van der Waals surface area contributed by atoms with Crippen molar-refractivity contribution in [3.63, 3.8) is 0 Å². The number of benzene rings is 3. The molecule has 0 saturated carbocycles. The van der Waals surface area contributed by atoms with Crippen LogP contribution in [0.3, 0.4) is 0 Å². The highest BCUT2D eigenvalue weighted by Crippen LogP contribution is 2.45. The molecular weight excluding hydrogens is 392 g/mol. The number of carboxylic acids is 1. The van der Waals surface area contributed by atoms with Gasteiger partial charge in [-0.3, -0.25) is 9.59 Å². The summed E-state index contributed by atoms with van der Waals surface area (Å²) in [7, 11) is 1.62. The Balaban J connectivity index is 1.80. The first-order valence-electron chi connectivity index (χ1n) is 9.95. The van der Waals surface area contributed by atoms with Gasteiger partial charge in [-0.2, -0.15) is 0 Å². The average molecular weight is 412 g/mol. The maximum atomic E-state index is 13.2. The van der Waals surface area contributed by atoms with Gasteiger partial charge in [0, 0.05) is 27.6 Å². The van der Waals surface area contributed by atoms with Crippen molar-refractivity contribution in [2.75, 3.05) is 13.7 Å². The van der Waals surface area contributed by atoms with Crippen LogP contribution >= 0.6 is 0 Å². The van der Waals surface area contributed by atoms with Gasteiger partial charge in [-0.05, 0) is 29.8 Å². The number of carboxylic acid groups (broad SMARTS) is 1. The van der Waals surface area contributed by atoms with E-state index in [9.17, 15) is 14.7 Å². The lowest BCUT2D eigenvalue weighted by Crippen LogP contribution is -2.34. The molecule has 6 heteroatoms. The van der Waals surface area contributed by atoms with Gasteiger partial charge >= 0.3 is 5.97 Å². The fourth-order valence-electron chi connectivity index (χ4n) is 4.44. The first kappa shape index (κ1) is 18.9. The molecule has 1 amide bonds. The topological polar surface area (TPSA) is 82.6 Å². The quantitative estimate of drug-likeness (QED) is 0.507. The van der Waals surface area contributed by atoms with E-state index in [1.165, 1.54) is 4.90 Å². The summed E-state index contributed by atoms with van der Waals surface area (Å²) in [6, 6.07) is 22.4. The number of aliphatic carboxylic acids is 1. The third kappa shape index (κ3) is 3.04. The molecule has 2 N–H and O–H groups in total. The number of hydrogen-bond donors (Lipinski definition) is 2. The van der Waals surface area contributed by atoms with E-state index in [1.807, 2.05) is 60.7 Å². The number of fused-ring (bicyclic) bond motifs is 2. The van der Waals surface area contributed by atoms with Gasteiger partial charge in [0.05, 0.1) is 18.8 Å². The van der Waals surface area contributed by atoms with Crippen LogP contribution in [0.1, 0.15) is 27.5 Å². The first-order valence-corrected chi connectivity index (χ1v) is 9.95. The lowest BCUT2D eigenvalue weighted by Gasteiger charge is -2.25. The standard InChI is InChI=1S/C25H20N2O4/c1-31-16-8-6-7-15(13-16)23-22(19-11-4-5-12-20(19)26-23)24-17-9-2-3-10-18(17)25(30)27(24)14-21(28)29/h2-13,24,26H,14H2,1H3,(H,28,29)/t24-/m1/s1. The highest BCUT2D eigenvalue weighted by Gasteiger charge is 2.40. The number of nitrogens with one attached hydrogen (secondary N) is 1. The number of methoxy groups -OCH3 is 1. The molecule has 4 aromatic rings. The Kier molecular flexibility index (Phi) is 4.47. The normalized spacial score (nSPS) is 15.3. The Labute approximate surface area is 178 Å². The second-order valence-corrected chi connectivity index (χ2v) is 7.51. The summed E-state index contributed by atoms with van der Waals surface area (Å²) in [6.07, 6.45) is 0. The Bertz CT molecular complexity index is 1320. The second-order valence-electron chi connectivity index (χ2n) is 7.51. The number of amides is 1. The van der Waals surface area contributed by atoms with Crippen molar-refractivity contribution < 1.29 is 19.4 Å². The molecule has 0 bridgehead atoms. The number of rotatable bonds is 5. The molecule has 1 atom stereocenters. The lowest BCUT2D eigenvalue weighted by atomic mass is 9.93. The van der Waals surface area contributed by atoms with E-state index in [1.54, 1.807) is 19.2 Å². The summed E-state index contributed by atoms with van der Waals surface area (Å²) in [6.45, 7) is -0.380. The molecule has 6 nitrogen and oxygen atoms in total. The van der Waals surface area contributed by atoms with Crippen LogP contribution in [0.5, 0.6) is 5.75 Å². The van der Waals surface area contributed by atoms with Crippen LogP contribution < -0.4 is 4.74 Å². The van der Waals surface area contributed by atoms with Crippen molar-refractivity contribution in [3.05, 3.63) is 89.5 Å². The molecule has 1 aromatic heterocycles. The van der Waals surface area contributed by atoms with E-state index in [0.717, 1.165) is 33.3 Å². The number of aromatic nitrogens is 1. The van der Waals surface area contributed by atoms with Gasteiger partial charge in [-0.15, -0.1) is 0 Å². The summed E-state index contributed by atoms with van der Waals surface area (Å²) < 4.78 is 5.41. The van der Waals surface area contributed by atoms with Gasteiger partial charge in [-0.1, -0.05) is 48.5 Å². The Hall–Kier alpha value is -4.06. The molecule has 0 unspecified atom stereocenters. The maximum absolute atomic E-state index is 13.2. The van der Waals surface area contributed by atoms with E-state index in [4.69, 9.17) is 4.74 Å². The fourth-order valence-corrected chi connectivity index (χ4v) is 4.44. The van der Waals surface area contributed by atoms with Gasteiger partial charge in [-0.25, -0.2) is 0 Å². The van der Waals surface area contributed by atoms with Gasteiger partial charge in [0.25, 0.3) is 5.91 Å². The number of hydrogen-bond acceptors (Lipinski definition) is 3. The molecule has 1 aliphatic rings. The lowest BCUT2D eigenvalue weighted by molar-refractivity contribution is -0.138. The molecule has 0 radical (unpaired) electrons. The smallest absolute Gasteiger partial charge is 0.323 e. The maximum Gasteiger partial charge on any atom is 0.323 e. The zero-order chi connectivity index (χ0) is 21.5. The second kappa shape index (κ2) is 7.32. The van der Waals surface area contributed by atoms with E-state index in [0.29, 0.717) is 11.3 Å². The summed E-state index contributed by atoms with van der Waals surface area (Å²) >= 11 is 0. The van der Waals surface area contributed by atoms with Crippen molar-refractivity contribution in [3.8, 4) is 17.0 Å². The van der Waals surface area contributed by atoms with Crippen LogP contribution in [0, 0.1) is 0 Å². The van der Waals surface area contributed by atoms with Crippen LogP contribution in [0.4, 0.5) is 0 Å². The molecular formula is C25H20N2O4. The van der Waals surface area contributed by atoms with Crippen LogP contribution in [0.25, 0.3) is 22.2 Å². The van der Waals surface area contributed by atoms with Crippen LogP contribution in [0.2, 0.25) is 0 Å². The number of aromatic amines is 1. The third-order valence-electron chi connectivity index (χ3n) is 5.74. The van der Waals surface area contributed by atoms with Crippen molar-refractivity contribution in [2.24, 2.45) is 0 Å². The van der Waals surface area contributed by atoms with E-state index in [2.05, 4.69) is 4.98 Å². The summed E-state index contributed by atoms with van der Waals surface area (Å²) in [5, 5.41) is 10.5. The largest absolute Gasteiger partial charge is 0.497 e. The summed E-state index contributed by atoms with van der Waals surface area (Å²) in [5.41, 5.74) is 4.88. The van der Waals surface area contributed by atoms with Crippen molar-refractivity contribution >= 4 is 22.8 Å². The Morgan fingerprint density at radius 2 is 1.84 bits per heavy atom. The van der Waals surface area contributed by atoms with Crippen molar-refractivity contribution in [1.29, 1.82) is 0 Å². The van der Waals surface area contributed by atoms with Gasteiger partial charge in [0.15, 0.2) is 0 Å². The molecule has 1 aliphatic heterocycles. The molecule has 0 aliphatic carbocycles. The van der Waals surface area contributed by atoms with Crippen molar-refractivity contribution in [2.45, 2.75) is 6.04 Å². The minimum absolute atomic E-state index is 0.273. The number of carbonyl (C=O) groups is 2. The summed E-state index contributed by atoms with van der Waals surface area (Å²) in [5.74, 6) is -0.605. The number of H-pyrrole nitrogens is 1. The van der Waals surface area contributed by atoms with Gasteiger partial charge in [0.1, 0.15) is 12.3 Å². The zero-order valence-corrected chi connectivity index (χ0v) is 16.8. The van der Waals surface area contributed by atoms with Gasteiger partial charge in [0.2, 0.25) is 0 Å². The molecule has 0 fully saturated rings. The fraction of sp³-hybridized carbons (Fsp3) is 0.120. The summed E-state index contributed by atoms with van der Waals surface area (Å²) in [4.78, 5) is 29.7. The van der Waals surface area contributed by atoms with E-state index < -0.39 is 12.0 Å². The highest BCUT2D eigenvalue weighted by atomic mass is 16.5.